The molecule has 0 saturated heterocycles. The van der Waals surface area contributed by atoms with Gasteiger partial charge in [-0.05, 0) is 56.6 Å². The molecule has 1 aromatic rings. The molecule has 21 heavy (non-hydrogen) atoms. The van der Waals surface area contributed by atoms with E-state index < -0.39 is 0 Å². The molecule has 1 unspecified atom stereocenters. The standard InChI is InChI=1S/C18H29FN2/c1-13(20)12-15-16(19)6-5-7-17(15)21(4)14-8-10-18(2,3)11-9-14/h5-7,13-14H,8-12,20H2,1-4H3. The van der Waals surface area contributed by atoms with E-state index >= 15 is 0 Å². The monoisotopic (exact) mass is 292 g/mol. The zero-order chi connectivity index (χ0) is 15.6. The maximum Gasteiger partial charge on any atom is 0.128 e. The second kappa shape index (κ2) is 6.35. The Balaban J connectivity index is 2.19. The fourth-order valence-electron chi connectivity index (χ4n) is 3.37. The van der Waals surface area contributed by atoms with E-state index in [-0.39, 0.29) is 11.9 Å². The summed E-state index contributed by atoms with van der Waals surface area (Å²) >= 11 is 0. The zero-order valence-electron chi connectivity index (χ0n) is 13.8. The summed E-state index contributed by atoms with van der Waals surface area (Å²) in [6.07, 6.45) is 5.42. The van der Waals surface area contributed by atoms with E-state index in [4.69, 9.17) is 5.73 Å². The lowest BCUT2D eigenvalue weighted by Gasteiger charge is -2.40. The maximum absolute atomic E-state index is 14.2. The van der Waals surface area contributed by atoms with Gasteiger partial charge in [0.2, 0.25) is 0 Å². The second-order valence-corrected chi connectivity index (χ2v) is 7.43. The van der Waals surface area contributed by atoms with Gasteiger partial charge in [0.25, 0.3) is 0 Å². The van der Waals surface area contributed by atoms with Crippen molar-refractivity contribution in [3.8, 4) is 0 Å². The van der Waals surface area contributed by atoms with E-state index in [1.807, 2.05) is 13.0 Å². The lowest BCUT2D eigenvalue weighted by Crippen LogP contribution is -2.38. The molecule has 2 nitrogen and oxygen atoms in total. The van der Waals surface area contributed by atoms with Crippen molar-refractivity contribution in [2.45, 2.75) is 65.0 Å². The predicted molar refractivity (Wildman–Crippen MR) is 88.2 cm³/mol. The van der Waals surface area contributed by atoms with Gasteiger partial charge in [0.15, 0.2) is 0 Å². The van der Waals surface area contributed by atoms with Crippen molar-refractivity contribution in [2.24, 2.45) is 11.1 Å². The molecule has 118 valence electrons. The Hall–Kier alpha value is -1.09. The molecule has 1 aromatic carbocycles. The highest BCUT2D eigenvalue weighted by Gasteiger charge is 2.29. The molecule has 0 amide bonds. The van der Waals surface area contributed by atoms with Crippen LogP contribution >= 0.6 is 0 Å². The first-order valence-electron chi connectivity index (χ1n) is 8.06. The molecular formula is C18H29FN2. The average Bonchev–Trinajstić information content (AvgIpc) is 2.40. The van der Waals surface area contributed by atoms with Crippen molar-refractivity contribution in [3.63, 3.8) is 0 Å². The Labute approximate surface area is 128 Å². The molecule has 0 spiro atoms. The minimum absolute atomic E-state index is 0.0284. The van der Waals surface area contributed by atoms with Crippen LogP contribution in [0.3, 0.4) is 0 Å². The van der Waals surface area contributed by atoms with Gasteiger partial charge < -0.3 is 10.6 Å². The molecule has 1 saturated carbocycles. The Kier molecular flexibility index (Phi) is 4.92. The molecule has 3 heteroatoms. The minimum Gasteiger partial charge on any atom is -0.371 e. The first kappa shape index (κ1) is 16.3. The van der Waals surface area contributed by atoms with Gasteiger partial charge in [-0.25, -0.2) is 4.39 Å². The molecule has 0 radical (unpaired) electrons. The summed E-state index contributed by atoms with van der Waals surface area (Å²) in [5.41, 5.74) is 8.12. The number of anilines is 1. The Morgan fingerprint density at radius 1 is 1.33 bits per heavy atom. The summed E-state index contributed by atoms with van der Waals surface area (Å²) in [6.45, 7) is 6.61. The summed E-state index contributed by atoms with van der Waals surface area (Å²) in [7, 11) is 2.10. The van der Waals surface area contributed by atoms with Gasteiger partial charge in [0, 0.05) is 30.4 Å². The minimum atomic E-state index is -0.132. The van der Waals surface area contributed by atoms with Crippen molar-refractivity contribution >= 4 is 5.69 Å². The topological polar surface area (TPSA) is 29.3 Å². The van der Waals surface area contributed by atoms with Crippen molar-refractivity contribution in [1.29, 1.82) is 0 Å². The van der Waals surface area contributed by atoms with Gasteiger partial charge in [-0.1, -0.05) is 19.9 Å². The van der Waals surface area contributed by atoms with Crippen molar-refractivity contribution < 1.29 is 4.39 Å². The molecule has 0 heterocycles. The number of nitrogens with zero attached hydrogens (tertiary/aromatic N) is 1. The smallest absolute Gasteiger partial charge is 0.128 e. The van der Waals surface area contributed by atoms with Crippen LogP contribution in [0.1, 0.15) is 52.0 Å². The summed E-state index contributed by atoms with van der Waals surface area (Å²) in [4.78, 5) is 2.27. The molecule has 1 atom stereocenters. The van der Waals surface area contributed by atoms with Crippen LogP contribution in [0.5, 0.6) is 0 Å². The van der Waals surface area contributed by atoms with Crippen molar-refractivity contribution in [1.82, 2.24) is 0 Å². The third-order valence-electron chi connectivity index (χ3n) is 4.86. The van der Waals surface area contributed by atoms with E-state index in [0.29, 0.717) is 17.9 Å². The summed E-state index contributed by atoms with van der Waals surface area (Å²) < 4.78 is 14.2. The highest BCUT2D eigenvalue weighted by Crippen LogP contribution is 2.38. The third kappa shape index (κ3) is 3.97. The van der Waals surface area contributed by atoms with Crippen molar-refractivity contribution in [2.75, 3.05) is 11.9 Å². The van der Waals surface area contributed by atoms with Gasteiger partial charge in [-0.2, -0.15) is 0 Å². The number of benzene rings is 1. The number of halogens is 1. The van der Waals surface area contributed by atoms with Crippen LogP contribution < -0.4 is 10.6 Å². The molecule has 0 bridgehead atoms. The molecule has 2 N–H and O–H groups in total. The van der Waals surface area contributed by atoms with Crippen LogP contribution in [0, 0.1) is 11.2 Å². The second-order valence-electron chi connectivity index (χ2n) is 7.43. The summed E-state index contributed by atoms with van der Waals surface area (Å²) in [6, 6.07) is 5.85. The van der Waals surface area contributed by atoms with E-state index in [9.17, 15) is 4.39 Å². The average molecular weight is 292 g/mol. The molecule has 2 rings (SSSR count). The maximum atomic E-state index is 14.2. The Bertz CT molecular complexity index is 472. The van der Waals surface area contributed by atoms with Gasteiger partial charge in [0.1, 0.15) is 5.82 Å². The molecular weight excluding hydrogens is 263 g/mol. The number of nitrogens with two attached hydrogens (primary N) is 1. The lowest BCUT2D eigenvalue weighted by molar-refractivity contribution is 0.222. The highest BCUT2D eigenvalue weighted by atomic mass is 19.1. The van der Waals surface area contributed by atoms with Crippen LogP contribution in [0.25, 0.3) is 0 Å². The van der Waals surface area contributed by atoms with Gasteiger partial charge in [-0.15, -0.1) is 0 Å². The van der Waals surface area contributed by atoms with Crippen LogP contribution in [0.2, 0.25) is 0 Å². The Morgan fingerprint density at radius 2 is 1.95 bits per heavy atom. The van der Waals surface area contributed by atoms with Crippen LogP contribution in [-0.2, 0) is 6.42 Å². The van der Waals surface area contributed by atoms with Gasteiger partial charge in [0.05, 0.1) is 0 Å². The summed E-state index contributed by atoms with van der Waals surface area (Å²) in [5, 5.41) is 0. The predicted octanol–water partition coefficient (Wildman–Crippen LogP) is 4.12. The fourth-order valence-corrected chi connectivity index (χ4v) is 3.37. The molecule has 0 aromatic heterocycles. The molecule has 0 aliphatic heterocycles. The van der Waals surface area contributed by atoms with E-state index in [0.717, 1.165) is 11.3 Å². The lowest BCUT2D eigenvalue weighted by atomic mass is 9.75. The largest absolute Gasteiger partial charge is 0.371 e. The van der Waals surface area contributed by atoms with E-state index in [1.165, 1.54) is 25.7 Å². The molecule has 1 aliphatic carbocycles. The summed E-state index contributed by atoms with van der Waals surface area (Å²) in [5.74, 6) is -0.132. The highest BCUT2D eigenvalue weighted by molar-refractivity contribution is 5.55. The normalized spacial score (nSPS) is 20.3. The van der Waals surface area contributed by atoms with Crippen LogP contribution in [0.15, 0.2) is 18.2 Å². The van der Waals surface area contributed by atoms with Crippen molar-refractivity contribution in [3.05, 3.63) is 29.6 Å². The zero-order valence-corrected chi connectivity index (χ0v) is 13.8. The molecule has 1 aliphatic rings. The van der Waals surface area contributed by atoms with Crippen LogP contribution in [0.4, 0.5) is 10.1 Å². The number of hydrogen-bond acceptors (Lipinski definition) is 2. The third-order valence-corrected chi connectivity index (χ3v) is 4.86. The quantitative estimate of drug-likeness (QED) is 0.904. The van der Waals surface area contributed by atoms with Crippen LogP contribution in [-0.4, -0.2) is 19.1 Å². The molecule has 1 fully saturated rings. The van der Waals surface area contributed by atoms with Gasteiger partial charge in [-0.3, -0.25) is 0 Å². The van der Waals surface area contributed by atoms with Gasteiger partial charge >= 0.3 is 0 Å². The first-order chi connectivity index (χ1) is 9.80. The SMILES string of the molecule is CC(N)Cc1c(F)cccc1N(C)C1CCC(C)(C)CC1. The van der Waals surface area contributed by atoms with E-state index in [1.54, 1.807) is 12.1 Å². The Morgan fingerprint density at radius 3 is 2.52 bits per heavy atom. The number of rotatable bonds is 4. The fraction of sp³-hybridized carbons (Fsp3) is 0.667. The first-order valence-corrected chi connectivity index (χ1v) is 8.06. The van der Waals surface area contributed by atoms with E-state index in [2.05, 4.69) is 25.8 Å². The number of hydrogen-bond donors (Lipinski definition) is 1.